The second kappa shape index (κ2) is 7.68. The molecule has 1 unspecified atom stereocenters. The van der Waals surface area contributed by atoms with Crippen molar-refractivity contribution in [3.63, 3.8) is 0 Å². The Labute approximate surface area is 154 Å². The Balaban J connectivity index is 1.84. The van der Waals surface area contributed by atoms with Gasteiger partial charge >= 0.3 is 11.8 Å². The summed E-state index contributed by atoms with van der Waals surface area (Å²) >= 11 is 0. The van der Waals surface area contributed by atoms with Gasteiger partial charge in [-0.05, 0) is 49.8 Å². The normalized spacial score (nSPS) is 22.7. The first kappa shape index (κ1) is 18.1. The number of hydrogen-bond donors (Lipinski definition) is 1. The molecule has 0 radical (unpaired) electrons. The van der Waals surface area contributed by atoms with Gasteiger partial charge in [-0.1, -0.05) is 37.3 Å². The van der Waals surface area contributed by atoms with Crippen molar-refractivity contribution in [2.75, 3.05) is 5.32 Å². The van der Waals surface area contributed by atoms with Crippen molar-refractivity contribution in [3.8, 4) is 0 Å². The van der Waals surface area contributed by atoms with E-state index in [0.29, 0.717) is 11.6 Å². The van der Waals surface area contributed by atoms with Gasteiger partial charge in [0.25, 0.3) is 0 Å². The molecule has 1 N–H and O–H groups in total. The van der Waals surface area contributed by atoms with Gasteiger partial charge in [-0.3, -0.25) is 14.6 Å². The lowest BCUT2D eigenvalue weighted by atomic mass is 9.84. The molecule has 5 nitrogen and oxygen atoms in total. The summed E-state index contributed by atoms with van der Waals surface area (Å²) in [4.78, 5) is 31.5. The second-order valence-corrected chi connectivity index (χ2v) is 7.14. The molecule has 3 rings (SSSR count). The SMILES string of the molecule is Cc1cncc(NC(=O)C(=O)N2C(c3ccccc3)CC[C@@H](C)[C@H]2C)c1. The van der Waals surface area contributed by atoms with Gasteiger partial charge in [0, 0.05) is 12.2 Å². The lowest BCUT2D eigenvalue weighted by Gasteiger charge is -2.44. The quantitative estimate of drug-likeness (QED) is 0.839. The molecule has 0 aliphatic carbocycles. The molecule has 1 aromatic carbocycles. The zero-order valence-electron chi connectivity index (χ0n) is 15.5. The number of piperidine rings is 1. The smallest absolute Gasteiger partial charge is 0.313 e. The van der Waals surface area contributed by atoms with E-state index in [2.05, 4.69) is 17.2 Å². The van der Waals surface area contributed by atoms with Crippen molar-refractivity contribution < 1.29 is 9.59 Å². The minimum Gasteiger partial charge on any atom is -0.324 e. The number of likely N-dealkylation sites (tertiary alicyclic amines) is 1. The van der Waals surface area contributed by atoms with E-state index in [-0.39, 0.29) is 12.1 Å². The summed E-state index contributed by atoms with van der Waals surface area (Å²) in [6, 6.07) is 11.7. The Morgan fingerprint density at radius 2 is 1.85 bits per heavy atom. The molecule has 26 heavy (non-hydrogen) atoms. The molecule has 0 saturated carbocycles. The molecule has 0 spiro atoms. The minimum absolute atomic E-state index is 0.00263. The Morgan fingerprint density at radius 3 is 2.54 bits per heavy atom. The molecular weight excluding hydrogens is 326 g/mol. The monoisotopic (exact) mass is 351 g/mol. The maximum atomic E-state index is 13.0. The maximum Gasteiger partial charge on any atom is 0.313 e. The number of benzene rings is 1. The van der Waals surface area contributed by atoms with E-state index in [9.17, 15) is 9.59 Å². The Hall–Kier alpha value is -2.69. The first-order valence-corrected chi connectivity index (χ1v) is 9.07. The molecule has 2 amide bonds. The van der Waals surface area contributed by atoms with Crippen molar-refractivity contribution in [2.45, 2.75) is 45.7 Å². The van der Waals surface area contributed by atoms with Crippen LogP contribution >= 0.6 is 0 Å². The van der Waals surface area contributed by atoms with Crippen LogP contribution in [0.3, 0.4) is 0 Å². The van der Waals surface area contributed by atoms with Gasteiger partial charge in [0.15, 0.2) is 0 Å². The first-order valence-electron chi connectivity index (χ1n) is 9.07. The van der Waals surface area contributed by atoms with Crippen molar-refractivity contribution in [3.05, 3.63) is 59.9 Å². The Kier molecular flexibility index (Phi) is 5.35. The van der Waals surface area contributed by atoms with Crippen LogP contribution in [-0.4, -0.2) is 27.7 Å². The van der Waals surface area contributed by atoms with Gasteiger partial charge in [0.1, 0.15) is 0 Å². The molecule has 2 aromatic rings. The zero-order chi connectivity index (χ0) is 18.7. The third-order valence-electron chi connectivity index (χ3n) is 5.24. The van der Waals surface area contributed by atoms with E-state index < -0.39 is 11.8 Å². The van der Waals surface area contributed by atoms with E-state index in [4.69, 9.17) is 0 Å². The number of aromatic nitrogens is 1. The summed E-state index contributed by atoms with van der Waals surface area (Å²) in [6.45, 7) is 6.05. The number of aryl methyl sites for hydroxylation is 1. The van der Waals surface area contributed by atoms with Crippen LogP contribution in [0.1, 0.15) is 43.9 Å². The summed E-state index contributed by atoms with van der Waals surface area (Å²) < 4.78 is 0. The summed E-state index contributed by atoms with van der Waals surface area (Å²) in [6.07, 6.45) is 5.15. The molecule has 1 saturated heterocycles. The van der Waals surface area contributed by atoms with Crippen molar-refractivity contribution >= 4 is 17.5 Å². The summed E-state index contributed by atoms with van der Waals surface area (Å²) in [5.41, 5.74) is 2.54. The van der Waals surface area contributed by atoms with Crippen LogP contribution in [0.25, 0.3) is 0 Å². The van der Waals surface area contributed by atoms with Crippen molar-refractivity contribution in [1.82, 2.24) is 9.88 Å². The largest absolute Gasteiger partial charge is 0.324 e. The fraction of sp³-hybridized carbons (Fsp3) is 0.381. The highest BCUT2D eigenvalue weighted by atomic mass is 16.2. The predicted molar refractivity (Wildman–Crippen MR) is 101 cm³/mol. The topological polar surface area (TPSA) is 62.3 Å². The van der Waals surface area contributed by atoms with Crippen LogP contribution in [0.2, 0.25) is 0 Å². The molecule has 3 atom stereocenters. The lowest BCUT2D eigenvalue weighted by Crippen LogP contribution is -2.51. The standard InChI is InChI=1S/C21H25N3O2/c1-14-11-18(13-22-12-14)23-20(25)21(26)24-16(3)15(2)9-10-19(24)17-7-5-4-6-8-17/h4-8,11-13,15-16,19H,9-10H2,1-3H3,(H,23,25)/t15-,16-,19?/m1/s1. The average molecular weight is 351 g/mol. The number of amides is 2. The molecule has 1 aliphatic rings. The van der Waals surface area contributed by atoms with Crippen LogP contribution in [0, 0.1) is 12.8 Å². The molecular formula is C21H25N3O2. The lowest BCUT2D eigenvalue weighted by molar-refractivity contribution is -0.149. The number of carbonyl (C=O) groups excluding carboxylic acids is 2. The summed E-state index contributed by atoms with van der Waals surface area (Å²) in [5.74, 6) is -0.744. The van der Waals surface area contributed by atoms with E-state index >= 15 is 0 Å². The van der Waals surface area contributed by atoms with Crippen molar-refractivity contribution in [2.24, 2.45) is 5.92 Å². The molecule has 2 heterocycles. The third kappa shape index (κ3) is 3.77. The van der Waals surface area contributed by atoms with Gasteiger partial charge in [0.05, 0.1) is 17.9 Å². The highest BCUT2D eigenvalue weighted by Crippen LogP contribution is 2.37. The molecule has 1 aliphatic heterocycles. The Bertz CT molecular complexity index is 791. The van der Waals surface area contributed by atoms with Crippen LogP contribution in [0.5, 0.6) is 0 Å². The van der Waals surface area contributed by atoms with Crippen LogP contribution < -0.4 is 5.32 Å². The van der Waals surface area contributed by atoms with E-state index in [0.717, 1.165) is 24.0 Å². The van der Waals surface area contributed by atoms with E-state index in [1.54, 1.807) is 23.4 Å². The summed E-state index contributed by atoms with van der Waals surface area (Å²) in [7, 11) is 0. The summed E-state index contributed by atoms with van der Waals surface area (Å²) in [5, 5.41) is 2.69. The number of nitrogens with one attached hydrogen (secondary N) is 1. The van der Waals surface area contributed by atoms with Crippen LogP contribution in [-0.2, 0) is 9.59 Å². The van der Waals surface area contributed by atoms with Gasteiger partial charge in [-0.15, -0.1) is 0 Å². The Morgan fingerprint density at radius 1 is 1.12 bits per heavy atom. The predicted octanol–water partition coefficient (Wildman–Crippen LogP) is 3.72. The first-order chi connectivity index (χ1) is 12.5. The van der Waals surface area contributed by atoms with Crippen LogP contribution in [0.4, 0.5) is 5.69 Å². The molecule has 5 heteroatoms. The second-order valence-electron chi connectivity index (χ2n) is 7.14. The minimum atomic E-state index is -0.612. The number of rotatable bonds is 2. The highest BCUT2D eigenvalue weighted by molar-refractivity contribution is 6.39. The maximum absolute atomic E-state index is 13.0. The van der Waals surface area contributed by atoms with Crippen LogP contribution in [0.15, 0.2) is 48.8 Å². The number of nitrogens with zero attached hydrogens (tertiary/aromatic N) is 2. The molecule has 0 bridgehead atoms. The fourth-order valence-electron chi connectivity index (χ4n) is 3.61. The number of hydrogen-bond acceptors (Lipinski definition) is 3. The molecule has 1 aromatic heterocycles. The van der Waals surface area contributed by atoms with E-state index in [1.165, 1.54) is 0 Å². The highest BCUT2D eigenvalue weighted by Gasteiger charge is 2.38. The third-order valence-corrected chi connectivity index (χ3v) is 5.24. The van der Waals surface area contributed by atoms with Gasteiger partial charge in [0.2, 0.25) is 0 Å². The van der Waals surface area contributed by atoms with Gasteiger partial charge < -0.3 is 10.2 Å². The number of pyridine rings is 1. The fourth-order valence-corrected chi connectivity index (χ4v) is 3.61. The van der Waals surface area contributed by atoms with Gasteiger partial charge in [-0.2, -0.15) is 0 Å². The molecule has 136 valence electrons. The number of anilines is 1. The average Bonchev–Trinajstić information content (AvgIpc) is 2.64. The molecule has 1 fully saturated rings. The van der Waals surface area contributed by atoms with Gasteiger partial charge in [-0.25, -0.2) is 0 Å². The zero-order valence-corrected chi connectivity index (χ0v) is 15.5. The van der Waals surface area contributed by atoms with E-state index in [1.807, 2.05) is 44.2 Å². The number of carbonyl (C=O) groups is 2. The van der Waals surface area contributed by atoms with Crippen molar-refractivity contribution in [1.29, 1.82) is 0 Å².